The Balaban J connectivity index is 0.00000138. The Kier molecular flexibility index (Phi) is 6.30. The van der Waals surface area contributed by atoms with E-state index in [1.165, 1.54) is 12.8 Å². The predicted octanol–water partition coefficient (Wildman–Crippen LogP) is 4.15. The minimum atomic E-state index is -0.959. The number of piperidine rings is 1. The normalized spacial score (nSPS) is 31.9. The molecule has 5 aliphatic rings. The van der Waals surface area contributed by atoms with Crippen LogP contribution in [0.3, 0.4) is 0 Å². The lowest BCUT2D eigenvalue weighted by Crippen LogP contribution is -2.78. The van der Waals surface area contributed by atoms with E-state index >= 15 is 0 Å². The van der Waals surface area contributed by atoms with Crippen LogP contribution in [0, 0.1) is 5.92 Å². The molecule has 7 nitrogen and oxygen atoms in total. The largest absolute Gasteiger partial charge is 0.504 e. The van der Waals surface area contributed by atoms with Gasteiger partial charge in [0.25, 0.3) is 5.91 Å². The van der Waals surface area contributed by atoms with Gasteiger partial charge < -0.3 is 20.3 Å². The number of phenols is 1. The maximum Gasteiger partial charge on any atom is 0.270 e. The number of fused-ring (bicyclic) bond motifs is 1. The molecule has 8 rings (SSSR count). The number of aromatic nitrogens is 1. The third kappa shape index (κ3) is 3.63. The fourth-order valence-electron chi connectivity index (χ4n) is 8.06. The summed E-state index contributed by atoms with van der Waals surface area (Å²) in [6.07, 6.45) is 4.84. The maximum atomic E-state index is 13.4. The summed E-state index contributed by atoms with van der Waals surface area (Å²) in [5, 5.41) is 27.6. The van der Waals surface area contributed by atoms with Crippen LogP contribution >= 0.6 is 24.8 Å². The molecule has 5 atom stereocenters. The second kappa shape index (κ2) is 9.23. The smallest absolute Gasteiger partial charge is 0.270 e. The number of pyridine rings is 1. The van der Waals surface area contributed by atoms with Crippen LogP contribution in [0.15, 0.2) is 48.5 Å². The summed E-state index contributed by atoms with van der Waals surface area (Å²) >= 11 is 0. The van der Waals surface area contributed by atoms with Crippen molar-refractivity contribution in [3.63, 3.8) is 0 Å². The van der Waals surface area contributed by atoms with Gasteiger partial charge in [-0.3, -0.25) is 9.69 Å². The van der Waals surface area contributed by atoms with E-state index in [4.69, 9.17) is 4.74 Å². The van der Waals surface area contributed by atoms with Gasteiger partial charge in [-0.15, -0.1) is 24.8 Å². The molecule has 1 amide bonds. The highest BCUT2D eigenvalue weighted by molar-refractivity contribution is 5.95. The van der Waals surface area contributed by atoms with Gasteiger partial charge >= 0.3 is 0 Å². The summed E-state index contributed by atoms with van der Waals surface area (Å²) < 4.78 is 6.56. The van der Waals surface area contributed by atoms with Crippen LogP contribution in [0.4, 0.5) is 0 Å². The van der Waals surface area contributed by atoms with Crippen molar-refractivity contribution in [3.8, 4) is 11.5 Å². The van der Waals surface area contributed by atoms with Gasteiger partial charge in [0.15, 0.2) is 11.5 Å². The first-order valence-electron chi connectivity index (χ1n) is 13.6. The van der Waals surface area contributed by atoms with Crippen LogP contribution in [-0.4, -0.2) is 62.9 Å². The van der Waals surface area contributed by atoms with Gasteiger partial charge in [-0.1, -0.05) is 30.3 Å². The molecule has 206 valence electrons. The van der Waals surface area contributed by atoms with E-state index in [2.05, 4.69) is 15.2 Å². The lowest BCUT2D eigenvalue weighted by atomic mass is 9.48. The average Bonchev–Trinajstić information content (AvgIpc) is 3.65. The Hall–Kier alpha value is -2.58. The standard InChI is InChI=1S/C30H31N3O4.2ClH/c34-23-10-8-19-15-24-30(36)12-11-21(32-28(35)22-9-7-18-3-1-2-4-20(18)31-22)27-29(30,25(19)26(23)37-27)13-14-33(24)16-17-5-6-17;;/h1-4,7-10,17,21,24,27,34,36H,5-6,11-16H2,(H,32,35);2*1H/t21-,24+,27-,29-,30+;;/m0../s1. The molecule has 0 radical (unpaired) electrons. The van der Waals surface area contributed by atoms with Gasteiger partial charge in [0, 0.05) is 23.5 Å². The molecular formula is C30H33Cl2N3O4. The Morgan fingerprint density at radius 2 is 1.90 bits per heavy atom. The zero-order valence-electron chi connectivity index (χ0n) is 21.5. The van der Waals surface area contributed by atoms with Gasteiger partial charge in [0.2, 0.25) is 0 Å². The van der Waals surface area contributed by atoms with Crippen molar-refractivity contribution in [1.82, 2.24) is 15.2 Å². The van der Waals surface area contributed by atoms with Crippen LogP contribution in [0.5, 0.6) is 11.5 Å². The second-order valence-electron chi connectivity index (χ2n) is 11.8. The van der Waals surface area contributed by atoms with Gasteiger partial charge in [-0.05, 0) is 74.8 Å². The minimum absolute atomic E-state index is 0. The molecule has 1 saturated heterocycles. The number of hydrogen-bond donors (Lipinski definition) is 3. The van der Waals surface area contributed by atoms with Crippen LogP contribution < -0.4 is 10.1 Å². The number of amides is 1. The number of para-hydroxylation sites is 1. The van der Waals surface area contributed by atoms with Crippen molar-refractivity contribution in [3.05, 3.63) is 65.4 Å². The number of rotatable bonds is 4. The monoisotopic (exact) mass is 569 g/mol. The first kappa shape index (κ1) is 26.6. The zero-order chi connectivity index (χ0) is 24.9. The molecule has 1 aromatic heterocycles. The van der Waals surface area contributed by atoms with Crippen molar-refractivity contribution >= 4 is 41.6 Å². The number of nitrogens with zero attached hydrogens (tertiary/aromatic N) is 2. The highest BCUT2D eigenvalue weighted by Gasteiger charge is 2.73. The van der Waals surface area contributed by atoms with Crippen LogP contribution in [-0.2, 0) is 11.8 Å². The lowest BCUT2D eigenvalue weighted by Gasteiger charge is -2.64. The number of carbonyl (C=O) groups excluding carboxylic acids is 1. The molecule has 3 aliphatic carbocycles. The molecule has 0 unspecified atom stereocenters. The van der Waals surface area contributed by atoms with Gasteiger partial charge in [-0.2, -0.15) is 0 Å². The summed E-state index contributed by atoms with van der Waals surface area (Å²) in [5.74, 6) is 1.13. The minimum Gasteiger partial charge on any atom is -0.504 e. The van der Waals surface area contributed by atoms with Crippen molar-refractivity contribution in [1.29, 1.82) is 0 Å². The molecule has 2 bridgehead atoms. The molecule has 1 spiro atoms. The van der Waals surface area contributed by atoms with Crippen LogP contribution in [0.1, 0.15) is 53.7 Å². The summed E-state index contributed by atoms with van der Waals surface area (Å²) in [6.45, 7) is 1.94. The van der Waals surface area contributed by atoms with E-state index in [-0.39, 0.29) is 48.6 Å². The number of phenolic OH excluding ortho intramolecular Hbond substituents is 1. The van der Waals surface area contributed by atoms with E-state index in [1.807, 2.05) is 36.4 Å². The predicted molar refractivity (Wildman–Crippen MR) is 152 cm³/mol. The molecule has 3 N–H and O–H groups in total. The second-order valence-corrected chi connectivity index (χ2v) is 11.8. The highest BCUT2D eigenvalue weighted by Crippen LogP contribution is 2.65. The van der Waals surface area contributed by atoms with E-state index in [0.29, 0.717) is 24.3 Å². The molecule has 3 heterocycles. The molecule has 3 fully saturated rings. The molecular weight excluding hydrogens is 537 g/mol. The molecule has 3 aromatic rings. The van der Waals surface area contributed by atoms with E-state index in [9.17, 15) is 15.0 Å². The Labute approximate surface area is 239 Å². The average molecular weight is 571 g/mol. The number of aromatic hydroxyl groups is 1. The number of hydrogen-bond acceptors (Lipinski definition) is 6. The number of likely N-dealkylation sites (tertiary alicyclic amines) is 1. The van der Waals surface area contributed by atoms with E-state index < -0.39 is 17.1 Å². The maximum absolute atomic E-state index is 13.4. The Morgan fingerprint density at radius 1 is 1.08 bits per heavy atom. The quantitative estimate of drug-likeness (QED) is 0.437. The number of carbonyl (C=O) groups is 1. The summed E-state index contributed by atoms with van der Waals surface area (Å²) in [5.41, 5.74) is 1.69. The van der Waals surface area contributed by atoms with Gasteiger partial charge in [-0.25, -0.2) is 4.98 Å². The molecule has 2 aromatic carbocycles. The molecule has 39 heavy (non-hydrogen) atoms. The summed E-state index contributed by atoms with van der Waals surface area (Å²) in [6, 6.07) is 14.9. The number of ether oxygens (including phenoxy) is 1. The number of nitrogens with one attached hydrogen (secondary N) is 1. The van der Waals surface area contributed by atoms with Crippen molar-refractivity contribution in [2.24, 2.45) is 5.92 Å². The number of benzene rings is 2. The van der Waals surface area contributed by atoms with E-state index in [1.54, 1.807) is 12.1 Å². The summed E-state index contributed by atoms with van der Waals surface area (Å²) in [7, 11) is 0. The molecule has 2 saturated carbocycles. The summed E-state index contributed by atoms with van der Waals surface area (Å²) in [4.78, 5) is 20.5. The van der Waals surface area contributed by atoms with Gasteiger partial charge in [0.1, 0.15) is 11.8 Å². The zero-order valence-corrected chi connectivity index (χ0v) is 23.1. The fraction of sp³-hybridized carbons (Fsp3) is 0.467. The van der Waals surface area contributed by atoms with Gasteiger partial charge in [0.05, 0.1) is 22.6 Å². The van der Waals surface area contributed by atoms with Crippen LogP contribution in [0.2, 0.25) is 0 Å². The third-order valence-electron chi connectivity index (χ3n) is 9.91. The van der Waals surface area contributed by atoms with Crippen LogP contribution in [0.25, 0.3) is 10.9 Å². The topological polar surface area (TPSA) is 94.9 Å². The van der Waals surface area contributed by atoms with Crippen molar-refractivity contribution in [2.75, 3.05) is 13.1 Å². The Morgan fingerprint density at radius 3 is 2.72 bits per heavy atom. The van der Waals surface area contributed by atoms with Crippen molar-refractivity contribution < 1.29 is 19.7 Å². The Bertz CT molecular complexity index is 1470. The SMILES string of the molecule is Cl.Cl.O=C(N[C@H]1CC[C@@]2(O)[C@H]3Cc4ccc(O)c5c4[C@@]2(CCN3CC2CC2)[C@H]1O5)c1ccc2ccccc2n1. The number of halogens is 2. The third-order valence-corrected chi connectivity index (χ3v) is 9.91. The van der Waals surface area contributed by atoms with E-state index in [0.717, 1.165) is 53.9 Å². The first-order chi connectivity index (χ1) is 18.0. The highest BCUT2D eigenvalue weighted by atomic mass is 35.5. The first-order valence-corrected chi connectivity index (χ1v) is 13.6. The molecule has 2 aliphatic heterocycles. The molecule has 9 heteroatoms. The fourth-order valence-corrected chi connectivity index (χ4v) is 8.06. The number of aliphatic hydroxyl groups is 1. The lowest BCUT2D eigenvalue weighted by molar-refractivity contribution is -0.191. The van der Waals surface area contributed by atoms with Crippen molar-refractivity contribution in [2.45, 2.75) is 67.7 Å².